The number of aromatic nitrogens is 2. The minimum Gasteiger partial charge on any atom is -0.373 e. The maximum atomic E-state index is 12.3. The molecule has 1 aliphatic rings. The lowest BCUT2D eigenvalue weighted by molar-refractivity contribution is -0.0440. The highest BCUT2D eigenvalue weighted by Crippen LogP contribution is 2.14. The fourth-order valence-electron chi connectivity index (χ4n) is 2.42. The van der Waals surface area contributed by atoms with Crippen molar-refractivity contribution in [3.8, 4) is 0 Å². The minimum atomic E-state index is -3.42. The van der Waals surface area contributed by atoms with Gasteiger partial charge >= 0.3 is 6.03 Å². The number of carbonyl (C=O) groups is 1. The van der Waals surface area contributed by atoms with Gasteiger partial charge < -0.3 is 10.1 Å². The van der Waals surface area contributed by atoms with Crippen molar-refractivity contribution in [1.29, 1.82) is 0 Å². The average Bonchev–Trinajstić information content (AvgIpc) is 2.82. The van der Waals surface area contributed by atoms with Crippen LogP contribution in [-0.4, -0.2) is 66.1 Å². The first kappa shape index (κ1) is 17.7. The molecular formula is C13H23N5O4S. The van der Waals surface area contributed by atoms with Crippen LogP contribution in [0.4, 0.5) is 10.6 Å². The number of urea groups is 1. The molecule has 0 bridgehead atoms. The van der Waals surface area contributed by atoms with Gasteiger partial charge in [-0.25, -0.2) is 13.2 Å². The molecule has 0 spiro atoms. The van der Waals surface area contributed by atoms with Gasteiger partial charge in [-0.2, -0.15) is 9.40 Å². The number of nitrogens with zero attached hydrogens (tertiary/aromatic N) is 3. The van der Waals surface area contributed by atoms with Gasteiger partial charge in [0.2, 0.25) is 10.0 Å². The second-order valence-electron chi connectivity index (χ2n) is 5.65. The number of hydrogen-bond donors (Lipinski definition) is 2. The van der Waals surface area contributed by atoms with Gasteiger partial charge in [0.1, 0.15) is 0 Å². The van der Waals surface area contributed by atoms with Crippen LogP contribution in [0, 0.1) is 0 Å². The number of ether oxygens (including phenoxy) is 1. The summed E-state index contributed by atoms with van der Waals surface area (Å²) < 4.78 is 33.1. The smallest absolute Gasteiger partial charge is 0.320 e. The van der Waals surface area contributed by atoms with E-state index in [2.05, 4.69) is 15.7 Å². The predicted octanol–water partition coefficient (Wildman–Crippen LogP) is -0.0194. The second-order valence-corrected chi connectivity index (χ2v) is 7.73. The number of carbonyl (C=O) groups excluding carboxylic acids is 1. The van der Waals surface area contributed by atoms with Gasteiger partial charge in [-0.1, -0.05) is 0 Å². The van der Waals surface area contributed by atoms with Crippen LogP contribution in [0.15, 0.2) is 12.3 Å². The van der Waals surface area contributed by atoms with E-state index in [4.69, 9.17) is 4.74 Å². The van der Waals surface area contributed by atoms with Crippen LogP contribution in [0.3, 0.4) is 0 Å². The fraction of sp³-hybridized carbons (Fsp3) is 0.692. The molecule has 0 radical (unpaired) electrons. The molecule has 23 heavy (non-hydrogen) atoms. The Morgan fingerprint density at radius 2 is 2.04 bits per heavy atom. The normalized spacial score (nSPS) is 22.7. The molecule has 10 heteroatoms. The van der Waals surface area contributed by atoms with E-state index in [1.807, 2.05) is 13.8 Å². The van der Waals surface area contributed by atoms with Crippen molar-refractivity contribution in [3.05, 3.63) is 12.3 Å². The predicted molar refractivity (Wildman–Crippen MR) is 85.6 cm³/mol. The summed E-state index contributed by atoms with van der Waals surface area (Å²) in [6.07, 6.45) is 1.43. The van der Waals surface area contributed by atoms with Crippen molar-refractivity contribution in [2.45, 2.75) is 26.1 Å². The molecule has 2 amide bonds. The molecule has 1 aliphatic heterocycles. The topological polar surface area (TPSA) is 106 Å². The molecule has 0 aromatic carbocycles. The van der Waals surface area contributed by atoms with Crippen LogP contribution in [0.5, 0.6) is 0 Å². The quantitative estimate of drug-likeness (QED) is 0.780. The highest BCUT2D eigenvalue weighted by Gasteiger charge is 2.30. The van der Waals surface area contributed by atoms with Crippen LogP contribution < -0.4 is 10.6 Å². The number of rotatable bonds is 5. The zero-order chi connectivity index (χ0) is 17.0. The minimum absolute atomic E-state index is 0.0289. The molecular weight excluding hydrogens is 322 g/mol. The van der Waals surface area contributed by atoms with Crippen molar-refractivity contribution >= 4 is 21.9 Å². The van der Waals surface area contributed by atoms with Crippen molar-refractivity contribution in [3.63, 3.8) is 0 Å². The third-order valence-electron chi connectivity index (χ3n) is 3.38. The van der Waals surface area contributed by atoms with E-state index in [1.54, 1.807) is 24.0 Å². The molecule has 9 nitrogen and oxygen atoms in total. The van der Waals surface area contributed by atoms with E-state index in [9.17, 15) is 13.2 Å². The number of morpholine rings is 1. The molecule has 2 atom stereocenters. The third kappa shape index (κ3) is 5.19. The Balaban J connectivity index is 1.79. The Kier molecular flexibility index (Phi) is 5.60. The summed E-state index contributed by atoms with van der Waals surface area (Å²) >= 11 is 0. The summed E-state index contributed by atoms with van der Waals surface area (Å²) in [6, 6.07) is 1.16. The Bertz CT molecular complexity index is 635. The molecule has 0 aliphatic carbocycles. The first-order valence-corrected chi connectivity index (χ1v) is 9.05. The molecule has 1 aromatic heterocycles. The van der Waals surface area contributed by atoms with Crippen molar-refractivity contribution in [1.82, 2.24) is 19.4 Å². The maximum absolute atomic E-state index is 12.3. The number of nitrogens with one attached hydrogen (secondary N) is 2. The molecule has 2 heterocycles. The zero-order valence-corrected chi connectivity index (χ0v) is 14.3. The fourth-order valence-corrected chi connectivity index (χ4v) is 3.92. The Morgan fingerprint density at radius 3 is 2.61 bits per heavy atom. The van der Waals surface area contributed by atoms with Crippen LogP contribution >= 0.6 is 0 Å². The van der Waals surface area contributed by atoms with E-state index in [1.165, 1.54) is 4.31 Å². The highest BCUT2D eigenvalue weighted by atomic mass is 32.2. The van der Waals surface area contributed by atoms with Crippen LogP contribution in [0.25, 0.3) is 0 Å². The number of amides is 2. The van der Waals surface area contributed by atoms with E-state index in [0.29, 0.717) is 18.9 Å². The molecule has 2 N–H and O–H groups in total. The lowest BCUT2D eigenvalue weighted by Gasteiger charge is -2.34. The van der Waals surface area contributed by atoms with E-state index >= 15 is 0 Å². The van der Waals surface area contributed by atoms with Crippen molar-refractivity contribution < 1.29 is 17.9 Å². The monoisotopic (exact) mass is 345 g/mol. The van der Waals surface area contributed by atoms with Crippen molar-refractivity contribution in [2.75, 3.05) is 30.7 Å². The van der Waals surface area contributed by atoms with Crippen LogP contribution in [0.1, 0.15) is 13.8 Å². The Labute approximate surface area is 136 Å². The summed E-state index contributed by atoms with van der Waals surface area (Å²) in [7, 11) is -1.69. The van der Waals surface area contributed by atoms with E-state index < -0.39 is 16.1 Å². The zero-order valence-electron chi connectivity index (χ0n) is 13.5. The second kappa shape index (κ2) is 7.28. The Morgan fingerprint density at radius 1 is 1.39 bits per heavy atom. The molecule has 1 fully saturated rings. The average molecular weight is 345 g/mol. The SMILES string of the molecule is C[C@@H]1CN(S(=O)(=O)CCNC(=O)Nc2ccn(C)n2)C[C@@H](C)O1. The van der Waals surface area contributed by atoms with E-state index in [-0.39, 0.29) is 24.5 Å². The summed E-state index contributed by atoms with van der Waals surface area (Å²) in [5, 5.41) is 9.06. The van der Waals surface area contributed by atoms with Gasteiger partial charge in [-0.05, 0) is 13.8 Å². The molecule has 0 unspecified atom stereocenters. The first-order valence-electron chi connectivity index (χ1n) is 7.44. The number of hydrogen-bond acceptors (Lipinski definition) is 5. The van der Waals surface area contributed by atoms with Crippen LogP contribution in [-0.2, 0) is 21.8 Å². The van der Waals surface area contributed by atoms with Gasteiger partial charge in [0, 0.05) is 38.9 Å². The largest absolute Gasteiger partial charge is 0.373 e. The number of sulfonamides is 1. The van der Waals surface area contributed by atoms with E-state index in [0.717, 1.165) is 0 Å². The first-order chi connectivity index (χ1) is 10.8. The summed E-state index contributed by atoms with van der Waals surface area (Å²) in [5.74, 6) is 0.255. The lowest BCUT2D eigenvalue weighted by atomic mass is 10.3. The van der Waals surface area contributed by atoms with Gasteiger partial charge in [0.05, 0.1) is 18.0 Å². The molecule has 1 aromatic rings. The number of aryl methyl sites for hydroxylation is 1. The molecule has 2 rings (SSSR count). The molecule has 0 saturated carbocycles. The Hall–Kier alpha value is -1.65. The molecule has 1 saturated heterocycles. The lowest BCUT2D eigenvalue weighted by Crippen LogP contribution is -2.49. The standard InChI is InChI=1S/C13H23N5O4S/c1-10-8-18(9-11(2)22-10)23(20,21)7-5-14-13(19)15-12-4-6-17(3)16-12/h4,6,10-11H,5,7-9H2,1-3H3,(H2,14,15,16,19)/t10-,11-/m1/s1. The number of anilines is 1. The maximum Gasteiger partial charge on any atom is 0.320 e. The van der Waals surface area contributed by atoms with Crippen LogP contribution in [0.2, 0.25) is 0 Å². The third-order valence-corrected chi connectivity index (χ3v) is 5.19. The molecule has 130 valence electrons. The van der Waals surface area contributed by atoms with Gasteiger partial charge in [-0.3, -0.25) is 10.00 Å². The summed E-state index contributed by atoms with van der Waals surface area (Å²) in [4.78, 5) is 11.7. The van der Waals surface area contributed by atoms with Gasteiger partial charge in [0.25, 0.3) is 0 Å². The summed E-state index contributed by atoms with van der Waals surface area (Å²) in [5.41, 5.74) is 0. The van der Waals surface area contributed by atoms with Gasteiger partial charge in [0.15, 0.2) is 5.82 Å². The summed E-state index contributed by atoms with van der Waals surface area (Å²) in [6.45, 7) is 4.40. The van der Waals surface area contributed by atoms with Gasteiger partial charge in [-0.15, -0.1) is 0 Å². The van der Waals surface area contributed by atoms with Crippen molar-refractivity contribution in [2.24, 2.45) is 7.05 Å². The highest BCUT2D eigenvalue weighted by molar-refractivity contribution is 7.89.